The number of hydrogen-bond donors (Lipinski definition) is 0. The Bertz CT molecular complexity index is 1020. The van der Waals surface area contributed by atoms with Gasteiger partial charge in [-0.05, 0) is 109 Å². The van der Waals surface area contributed by atoms with Gasteiger partial charge in [0, 0.05) is 0 Å². The van der Waals surface area contributed by atoms with Gasteiger partial charge in [0.2, 0.25) is 0 Å². The zero-order valence-corrected chi connectivity index (χ0v) is 24.6. The molecule has 3 heteroatoms. The molecule has 0 aliphatic heterocycles. The van der Waals surface area contributed by atoms with E-state index < -0.39 is 6.16 Å². The molecule has 216 valence electrons. The van der Waals surface area contributed by atoms with Crippen molar-refractivity contribution in [3.63, 3.8) is 0 Å². The summed E-state index contributed by atoms with van der Waals surface area (Å²) in [6.07, 6.45) is 25.1. The summed E-state index contributed by atoms with van der Waals surface area (Å²) in [6.45, 7) is 0. The Hall–Kier alpha value is -2.29. The van der Waals surface area contributed by atoms with Crippen LogP contribution in [-0.2, 0) is 0 Å². The molecule has 40 heavy (non-hydrogen) atoms. The summed E-state index contributed by atoms with van der Waals surface area (Å²) in [5, 5.41) is 0. The van der Waals surface area contributed by atoms with Gasteiger partial charge in [-0.2, -0.15) is 0 Å². The van der Waals surface area contributed by atoms with Crippen LogP contribution in [0.5, 0.6) is 11.5 Å². The van der Waals surface area contributed by atoms with Gasteiger partial charge < -0.3 is 9.47 Å². The van der Waals surface area contributed by atoms with E-state index in [1.807, 2.05) is 0 Å². The fourth-order valence-electron chi connectivity index (χ4n) is 8.37. The second-order valence-electron chi connectivity index (χ2n) is 13.4. The Morgan fingerprint density at radius 2 is 0.775 bits per heavy atom. The molecule has 0 atom stereocenters. The van der Waals surface area contributed by atoms with Crippen molar-refractivity contribution in [1.82, 2.24) is 0 Å². The van der Waals surface area contributed by atoms with Crippen LogP contribution in [0.2, 0.25) is 0 Å². The molecule has 4 aliphatic rings. The Labute approximate surface area is 242 Å². The molecule has 4 saturated carbocycles. The second kappa shape index (κ2) is 13.6. The first-order valence-electron chi connectivity index (χ1n) is 16.9. The Kier molecular flexibility index (Phi) is 9.46. The van der Waals surface area contributed by atoms with Gasteiger partial charge in [0.1, 0.15) is 11.5 Å². The summed E-state index contributed by atoms with van der Waals surface area (Å²) in [7, 11) is 0. The predicted octanol–water partition coefficient (Wildman–Crippen LogP) is 11.5. The van der Waals surface area contributed by atoms with Crippen LogP contribution >= 0.6 is 0 Å². The van der Waals surface area contributed by atoms with Crippen molar-refractivity contribution in [3.05, 3.63) is 58.7 Å². The van der Waals surface area contributed by atoms with Crippen molar-refractivity contribution < 1.29 is 14.3 Å². The normalized spacial score (nSPS) is 22.2. The largest absolute Gasteiger partial charge is 0.519 e. The van der Waals surface area contributed by atoms with Crippen LogP contribution in [0.25, 0.3) is 0 Å². The van der Waals surface area contributed by atoms with E-state index in [4.69, 9.17) is 9.47 Å². The molecule has 0 radical (unpaired) electrons. The highest BCUT2D eigenvalue weighted by Crippen LogP contribution is 2.43. The minimum Gasteiger partial charge on any atom is -0.394 e. The van der Waals surface area contributed by atoms with Crippen molar-refractivity contribution in [2.24, 2.45) is 0 Å². The van der Waals surface area contributed by atoms with Crippen LogP contribution in [0.3, 0.4) is 0 Å². The van der Waals surface area contributed by atoms with Gasteiger partial charge in [-0.15, -0.1) is 0 Å². The monoisotopic (exact) mass is 542 g/mol. The Balaban J connectivity index is 1.23. The van der Waals surface area contributed by atoms with Crippen molar-refractivity contribution in [2.75, 3.05) is 0 Å². The SMILES string of the molecule is O=C(Oc1ccc(C2CCCCC2)cc1C1CCCCC1)Oc1ccc(C2CCCCC2)cc1C1CCCCC1. The first-order valence-corrected chi connectivity index (χ1v) is 16.9. The maximum Gasteiger partial charge on any atom is 0.519 e. The quantitative estimate of drug-likeness (QED) is 0.269. The summed E-state index contributed by atoms with van der Waals surface area (Å²) in [4.78, 5) is 13.4. The third-order valence-corrected chi connectivity index (χ3v) is 10.7. The molecule has 0 aromatic heterocycles. The summed E-state index contributed by atoms with van der Waals surface area (Å²) in [5.41, 5.74) is 5.36. The van der Waals surface area contributed by atoms with E-state index in [2.05, 4.69) is 36.4 Å². The van der Waals surface area contributed by atoms with Gasteiger partial charge in [0.05, 0.1) is 0 Å². The minimum absolute atomic E-state index is 0.479. The van der Waals surface area contributed by atoms with Crippen molar-refractivity contribution in [2.45, 2.75) is 152 Å². The van der Waals surface area contributed by atoms with E-state index in [-0.39, 0.29) is 0 Å². The van der Waals surface area contributed by atoms with Crippen LogP contribution in [0.1, 0.15) is 174 Å². The molecule has 0 spiro atoms. The first kappa shape index (κ1) is 27.9. The van der Waals surface area contributed by atoms with Crippen LogP contribution in [-0.4, -0.2) is 6.16 Å². The highest BCUT2D eigenvalue weighted by atomic mass is 16.7. The molecule has 2 aromatic rings. The zero-order chi connectivity index (χ0) is 27.1. The van der Waals surface area contributed by atoms with E-state index in [0.717, 1.165) is 11.5 Å². The average Bonchev–Trinajstić information content (AvgIpc) is 3.03. The van der Waals surface area contributed by atoms with Crippen molar-refractivity contribution >= 4 is 6.16 Å². The number of hydrogen-bond acceptors (Lipinski definition) is 3. The zero-order valence-electron chi connectivity index (χ0n) is 24.6. The molecule has 0 amide bonds. The van der Waals surface area contributed by atoms with E-state index in [1.54, 1.807) is 0 Å². The molecule has 4 aliphatic carbocycles. The van der Waals surface area contributed by atoms with Gasteiger partial charge in [-0.3, -0.25) is 0 Å². The number of ether oxygens (including phenoxy) is 2. The van der Waals surface area contributed by atoms with E-state index in [1.165, 1.54) is 151 Å². The van der Waals surface area contributed by atoms with Gasteiger partial charge in [-0.1, -0.05) is 101 Å². The van der Waals surface area contributed by atoms with Crippen molar-refractivity contribution in [1.29, 1.82) is 0 Å². The lowest BCUT2D eigenvalue weighted by Gasteiger charge is -2.28. The Morgan fingerprint density at radius 3 is 1.12 bits per heavy atom. The molecule has 0 N–H and O–H groups in total. The van der Waals surface area contributed by atoms with Gasteiger partial charge in [-0.25, -0.2) is 4.79 Å². The topological polar surface area (TPSA) is 35.5 Å². The summed E-state index contributed by atoms with van der Waals surface area (Å²) < 4.78 is 12.1. The Morgan fingerprint density at radius 1 is 0.450 bits per heavy atom. The fraction of sp³-hybridized carbons (Fsp3) is 0.649. The highest BCUT2D eigenvalue weighted by Gasteiger charge is 2.27. The molecule has 4 fully saturated rings. The van der Waals surface area contributed by atoms with Crippen molar-refractivity contribution in [3.8, 4) is 11.5 Å². The molecule has 2 aromatic carbocycles. The van der Waals surface area contributed by atoms with E-state index in [9.17, 15) is 4.79 Å². The standard InChI is InChI=1S/C37H50O3/c38-37(39-35-23-21-31(27-13-5-1-6-14-27)25-33(35)29-17-9-3-10-18-29)40-36-24-22-32(28-15-7-2-8-16-28)26-34(36)30-19-11-4-12-20-30/h21-30H,1-20H2. The minimum atomic E-state index is -0.579. The van der Waals surface area contributed by atoms with Gasteiger partial charge in [0.15, 0.2) is 0 Å². The highest BCUT2D eigenvalue weighted by molar-refractivity contribution is 5.69. The number of rotatable bonds is 6. The number of carbonyl (C=O) groups excluding carboxylic acids is 1. The summed E-state index contributed by atoms with van der Waals surface area (Å²) >= 11 is 0. The van der Waals surface area contributed by atoms with Gasteiger partial charge >= 0.3 is 6.16 Å². The lowest BCUT2D eigenvalue weighted by atomic mass is 9.79. The second-order valence-corrected chi connectivity index (χ2v) is 13.4. The molecule has 3 nitrogen and oxygen atoms in total. The third-order valence-electron chi connectivity index (χ3n) is 10.7. The van der Waals surface area contributed by atoms with E-state index in [0.29, 0.717) is 23.7 Å². The van der Waals surface area contributed by atoms with Gasteiger partial charge in [0.25, 0.3) is 0 Å². The molecule has 0 saturated heterocycles. The first-order chi connectivity index (χ1) is 19.7. The average molecular weight is 543 g/mol. The molecular weight excluding hydrogens is 492 g/mol. The third kappa shape index (κ3) is 6.77. The lowest BCUT2D eigenvalue weighted by molar-refractivity contribution is 0.150. The lowest BCUT2D eigenvalue weighted by Crippen LogP contribution is -2.18. The smallest absolute Gasteiger partial charge is 0.394 e. The fourth-order valence-corrected chi connectivity index (χ4v) is 8.37. The maximum atomic E-state index is 13.4. The molecule has 0 unspecified atom stereocenters. The van der Waals surface area contributed by atoms with Crippen LogP contribution in [0.15, 0.2) is 36.4 Å². The molecule has 0 bridgehead atoms. The number of benzene rings is 2. The summed E-state index contributed by atoms with van der Waals surface area (Å²) in [5.74, 6) is 3.69. The van der Waals surface area contributed by atoms with E-state index >= 15 is 0 Å². The molecule has 6 rings (SSSR count). The predicted molar refractivity (Wildman–Crippen MR) is 163 cm³/mol. The van der Waals surface area contributed by atoms with Crippen LogP contribution in [0, 0.1) is 0 Å². The maximum absolute atomic E-state index is 13.4. The molecular formula is C37H50O3. The summed E-state index contributed by atoms with van der Waals surface area (Å²) in [6, 6.07) is 13.4. The van der Waals surface area contributed by atoms with Crippen LogP contribution in [0.4, 0.5) is 4.79 Å². The molecule has 0 heterocycles. The number of carbonyl (C=O) groups is 1. The van der Waals surface area contributed by atoms with Crippen LogP contribution < -0.4 is 9.47 Å².